The van der Waals surface area contributed by atoms with Gasteiger partial charge in [0.15, 0.2) is 0 Å². The van der Waals surface area contributed by atoms with Crippen molar-refractivity contribution in [3.05, 3.63) is 71.8 Å². The Labute approximate surface area is 172 Å². The van der Waals surface area contributed by atoms with Crippen LogP contribution in [0.4, 0.5) is 0 Å². The molecule has 0 aromatic heterocycles. The average Bonchev–Trinajstić information content (AvgIpc) is 2.69. The van der Waals surface area contributed by atoms with Crippen LogP contribution in [0.25, 0.3) is 0 Å². The van der Waals surface area contributed by atoms with Crippen LogP contribution in [0.1, 0.15) is 50.2 Å². The number of rotatable bonds is 13. The molecule has 2 rings (SSSR count). The molecule has 0 amide bonds. The Kier molecular flexibility index (Phi) is 11.0. The van der Waals surface area contributed by atoms with Gasteiger partial charge in [-0.05, 0) is 0 Å². The topological polar surface area (TPSA) is 0 Å². The second kappa shape index (κ2) is 13.0. The Hall–Kier alpha value is -0.261. The molecule has 0 N–H and O–H groups in total. The molecule has 0 nitrogen and oxygen atoms in total. The van der Waals surface area contributed by atoms with E-state index in [1.165, 1.54) is 74.1 Å². The van der Waals surface area contributed by atoms with Gasteiger partial charge in [0.2, 0.25) is 0 Å². The SMILES string of the molecule is CCCCCCCSP(=[Se])(CCc1ccccc1)CCc1ccccc1. The Balaban J connectivity index is 1.87. The summed E-state index contributed by atoms with van der Waals surface area (Å²) in [4.78, 5) is 0. The quantitative estimate of drug-likeness (QED) is 0.176. The van der Waals surface area contributed by atoms with E-state index in [1.54, 1.807) is 0 Å². The van der Waals surface area contributed by atoms with Crippen molar-refractivity contribution in [2.24, 2.45) is 0 Å². The third kappa shape index (κ3) is 9.09. The van der Waals surface area contributed by atoms with Gasteiger partial charge in [-0.25, -0.2) is 0 Å². The third-order valence-electron chi connectivity index (χ3n) is 4.74. The molecule has 2 aromatic carbocycles. The van der Waals surface area contributed by atoms with Crippen molar-refractivity contribution >= 4 is 31.2 Å². The summed E-state index contributed by atoms with van der Waals surface area (Å²) >= 11 is 5.98. The maximum absolute atomic E-state index is 3.71. The summed E-state index contributed by atoms with van der Waals surface area (Å²) in [5.74, 6) is 1.33. The first-order chi connectivity index (χ1) is 12.7. The van der Waals surface area contributed by atoms with Crippen molar-refractivity contribution in [1.82, 2.24) is 0 Å². The molecule has 0 radical (unpaired) electrons. The van der Waals surface area contributed by atoms with Crippen molar-refractivity contribution < 1.29 is 0 Å². The minimum absolute atomic E-state index is 1.06. The fourth-order valence-corrected chi connectivity index (χ4v) is 10.7. The Morgan fingerprint density at radius 3 is 1.73 bits per heavy atom. The van der Waals surface area contributed by atoms with E-state index in [9.17, 15) is 0 Å². The first-order valence-corrected chi connectivity index (χ1v) is 16.0. The van der Waals surface area contributed by atoms with Crippen LogP contribution in [0, 0.1) is 0 Å². The summed E-state index contributed by atoms with van der Waals surface area (Å²) in [6.07, 6.45) is 12.0. The van der Waals surface area contributed by atoms with Crippen LogP contribution in [0.3, 0.4) is 0 Å². The molecule has 0 unspecified atom stereocenters. The molecule has 0 aliphatic rings. The molecule has 0 saturated carbocycles. The van der Waals surface area contributed by atoms with Crippen LogP contribution in [0.2, 0.25) is 0 Å². The second-order valence-corrected chi connectivity index (χ2v) is 19.0. The van der Waals surface area contributed by atoms with Crippen LogP contribution in [0.5, 0.6) is 0 Å². The van der Waals surface area contributed by atoms with Gasteiger partial charge in [-0.15, -0.1) is 0 Å². The van der Waals surface area contributed by atoms with Gasteiger partial charge in [-0.1, -0.05) is 0 Å². The molecule has 0 atom stereocenters. The summed E-state index contributed by atoms with van der Waals surface area (Å²) in [5.41, 5.74) is 2.96. The van der Waals surface area contributed by atoms with Gasteiger partial charge in [-0.3, -0.25) is 0 Å². The van der Waals surface area contributed by atoms with E-state index in [4.69, 9.17) is 0 Å². The van der Waals surface area contributed by atoms with E-state index in [-0.39, 0.29) is 0 Å². The van der Waals surface area contributed by atoms with Crippen LogP contribution in [0.15, 0.2) is 60.7 Å². The van der Waals surface area contributed by atoms with E-state index in [1.807, 2.05) is 0 Å². The molecular formula is C23H33PSSe. The van der Waals surface area contributed by atoms with Gasteiger partial charge >= 0.3 is 173 Å². The first-order valence-electron chi connectivity index (χ1n) is 10.0. The number of hydrogen-bond acceptors (Lipinski definition) is 1. The fourth-order valence-electron chi connectivity index (χ4n) is 3.07. The van der Waals surface area contributed by atoms with E-state index in [0.29, 0.717) is 0 Å². The number of aryl methyl sites for hydroxylation is 2. The van der Waals surface area contributed by atoms with Crippen LogP contribution < -0.4 is 0 Å². The van der Waals surface area contributed by atoms with E-state index >= 15 is 0 Å². The zero-order chi connectivity index (χ0) is 18.5. The molecule has 3 heteroatoms. The van der Waals surface area contributed by atoms with Gasteiger partial charge in [-0.2, -0.15) is 0 Å². The van der Waals surface area contributed by atoms with Gasteiger partial charge < -0.3 is 0 Å². The third-order valence-corrected chi connectivity index (χ3v) is 14.8. The molecule has 2 aromatic rings. The van der Waals surface area contributed by atoms with Crippen LogP contribution in [-0.2, 0) is 12.8 Å². The minimum atomic E-state index is -1.06. The molecule has 0 aliphatic carbocycles. The zero-order valence-corrected chi connectivity index (χ0v) is 19.5. The Bertz CT molecular complexity index is 594. The van der Waals surface area contributed by atoms with Gasteiger partial charge in [0.05, 0.1) is 0 Å². The maximum atomic E-state index is 3.71. The Morgan fingerprint density at radius 1 is 0.731 bits per heavy atom. The summed E-state index contributed by atoms with van der Waals surface area (Å²) < 4.78 is -1.06. The van der Waals surface area contributed by atoms with Crippen molar-refractivity contribution in [2.45, 2.75) is 51.9 Å². The van der Waals surface area contributed by atoms with Crippen LogP contribution in [-0.4, -0.2) is 33.2 Å². The molecule has 0 aliphatic heterocycles. The van der Waals surface area contributed by atoms with E-state index in [2.05, 4.69) is 94.1 Å². The van der Waals surface area contributed by atoms with Gasteiger partial charge in [0.25, 0.3) is 0 Å². The van der Waals surface area contributed by atoms with E-state index in [0.717, 1.165) is 0 Å². The standard InChI is InChI=1S/C23H33PSSe/c1-2-3-4-5-12-21-25-24(26,19-17-22-13-8-6-9-14-22)20-18-23-15-10-7-11-16-23/h6-11,13-16H,2-5,12,17-21H2,1H3. The predicted molar refractivity (Wildman–Crippen MR) is 124 cm³/mol. The monoisotopic (exact) mass is 452 g/mol. The summed E-state index contributed by atoms with van der Waals surface area (Å²) in [7, 11) is 0. The number of hydrogen-bond donors (Lipinski definition) is 0. The molecule has 142 valence electrons. The fraction of sp³-hybridized carbons (Fsp3) is 0.478. The molecule has 0 spiro atoms. The summed E-state index contributed by atoms with van der Waals surface area (Å²) in [6, 6.07) is 22.0. The van der Waals surface area contributed by atoms with Gasteiger partial charge in [0.1, 0.15) is 0 Å². The van der Waals surface area contributed by atoms with Crippen LogP contribution >= 0.6 is 16.1 Å². The molecular weight excluding hydrogens is 418 g/mol. The number of unbranched alkanes of at least 4 members (excludes halogenated alkanes) is 4. The van der Waals surface area contributed by atoms with Crippen molar-refractivity contribution in [3.63, 3.8) is 0 Å². The molecule has 26 heavy (non-hydrogen) atoms. The molecule has 0 saturated heterocycles. The first kappa shape index (κ1) is 22.0. The predicted octanol–water partition coefficient (Wildman–Crippen LogP) is 7.19. The molecule has 0 heterocycles. The van der Waals surface area contributed by atoms with Crippen molar-refractivity contribution in [3.8, 4) is 0 Å². The summed E-state index contributed by atoms with van der Waals surface area (Å²) in [6.45, 7) is 2.29. The van der Waals surface area contributed by atoms with Crippen molar-refractivity contribution in [2.75, 3.05) is 18.1 Å². The Morgan fingerprint density at radius 2 is 1.23 bits per heavy atom. The average molecular weight is 452 g/mol. The van der Waals surface area contributed by atoms with Crippen molar-refractivity contribution in [1.29, 1.82) is 0 Å². The summed E-state index contributed by atoms with van der Waals surface area (Å²) in [5, 5.41) is 0. The number of benzene rings is 2. The second-order valence-electron chi connectivity index (χ2n) is 6.98. The van der Waals surface area contributed by atoms with Gasteiger partial charge in [0, 0.05) is 0 Å². The molecule has 0 bridgehead atoms. The normalized spacial score (nSPS) is 11.6. The zero-order valence-electron chi connectivity index (χ0n) is 16.1. The van der Waals surface area contributed by atoms with E-state index < -0.39 is 4.71 Å². The molecule has 0 fully saturated rings.